The summed E-state index contributed by atoms with van der Waals surface area (Å²) in [7, 11) is 1.91. The zero-order chi connectivity index (χ0) is 19.1. The highest BCUT2D eigenvalue weighted by Gasteiger charge is 2.61. The number of benzene rings is 1. The van der Waals surface area contributed by atoms with Crippen molar-refractivity contribution in [3.8, 4) is 5.69 Å². The van der Waals surface area contributed by atoms with Gasteiger partial charge in [-0.2, -0.15) is 5.10 Å². The minimum Gasteiger partial charge on any atom is -0.339 e. The van der Waals surface area contributed by atoms with E-state index in [0.717, 1.165) is 11.3 Å². The fourth-order valence-corrected chi connectivity index (χ4v) is 3.70. The molecule has 1 aromatic carbocycles. The van der Waals surface area contributed by atoms with Crippen molar-refractivity contribution in [2.24, 2.45) is 17.3 Å². The summed E-state index contributed by atoms with van der Waals surface area (Å²) in [4.78, 5) is 18.9. The van der Waals surface area contributed by atoms with Crippen LogP contribution in [0.5, 0.6) is 0 Å². The molecule has 1 fully saturated rings. The molecule has 138 valence electrons. The average molecular weight is 352 g/mol. The first-order valence-electron chi connectivity index (χ1n) is 9.10. The van der Waals surface area contributed by atoms with Gasteiger partial charge in [0.2, 0.25) is 5.91 Å². The lowest BCUT2D eigenvalue weighted by Crippen LogP contribution is -2.32. The summed E-state index contributed by atoms with van der Waals surface area (Å²) in [6.07, 6.45) is 5.43. The molecule has 0 N–H and O–H groups in total. The number of hydrogen-bond donors (Lipinski definition) is 0. The second kappa shape index (κ2) is 6.71. The smallest absolute Gasteiger partial charge is 0.227 e. The third kappa shape index (κ3) is 3.30. The molecule has 1 saturated carbocycles. The average Bonchev–Trinajstić information content (AvgIpc) is 2.98. The van der Waals surface area contributed by atoms with Crippen LogP contribution in [0.2, 0.25) is 0 Å². The van der Waals surface area contributed by atoms with Gasteiger partial charge in [0.15, 0.2) is 0 Å². The molecule has 3 rings (SSSR count). The Labute approximate surface area is 155 Å². The maximum Gasteiger partial charge on any atom is 0.227 e. The molecule has 1 aliphatic carbocycles. The SMILES string of the molecule is CC(C)=C[C@@H]1[C@@H](C(=O)N(C)[C@@H](C)c2ccc(-n3cncn3)cc2)C1(C)C. The van der Waals surface area contributed by atoms with Gasteiger partial charge in [0, 0.05) is 7.05 Å². The van der Waals surface area contributed by atoms with Gasteiger partial charge in [-0.1, -0.05) is 37.6 Å². The zero-order valence-corrected chi connectivity index (χ0v) is 16.5. The summed E-state index contributed by atoms with van der Waals surface area (Å²) in [6.45, 7) is 10.6. The number of allylic oxidation sites excluding steroid dienone is 2. The van der Waals surface area contributed by atoms with Gasteiger partial charge in [0.05, 0.1) is 17.6 Å². The summed E-state index contributed by atoms with van der Waals surface area (Å²) in [5.74, 6) is 0.633. The number of amides is 1. The van der Waals surface area contributed by atoms with E-state index >= 15 is 0 Å². The minimum atomic E-state index is 0.0241. The molecule has 1 heterocycles. The number of carbonyl (C=O) groups is 1. The fourth-order valence-electron chi connectivity index (χ4n) is 3.70. The highest BCUT2D eigenvalue weighted by molar-refractivity contribution is 5.84. The number of rotatable bonds is 5. The Kier molecular flexibility index (Phi) is 4.74. The van der Waals surface area contributed by atoms with E-state index in [0.29, 0.717) is 5.92 Å². The number of aromatic nitrogens is 3. The molecule has 1 aromatic heterocycles. The molecule has 1 amide bonds. The van der Waals surface area contributed by atoms with Gasteiger partial charge in [0.1, 0.15) is 12.7 Å². The van der Waals surface area contributed by atoms with Gasteiger partial charge in [-0.25, -0.2) is 9.67 Å². The van der Waals surface area contributed by atoms with Gasteiger partial charge in [-0.15, -0.1) is 0 Å². The van der Waals surface area contributed by atoms with Crippen LogP contribution >= 0.6 is 0 Å². The largest absolute Gasteiger partial charge is 0.339 e. The molecule has 0 saturated heterocycles. The van der Waals surface area contributed by atoms with Crippen molar-refractivity contribution >= 4 is 5.91 Å². The lowest BCUT2D eigenvalue weighted by molar-refractivity contribution is -0.134. The number of carbonyl (C=O) groups excluding carboxylic acids is 1. The van der Waals surface area contributed by atoms with Crippen molar-refractivity contribution in [3.63, 3.8) is 0 Å². The monoisotopic (exact) mass is 352 g/mol. The van der Waals surface area contributed by atoms with E-state index in [-0.39, 0.29) is 23.3 Å². The standard InChI is InChI=1S/C21H28N4O/c1-14(2)11-18-19(21(18,4)5)20(26)24(6)15(3)16-7-9-17(10-8-16)25-13-22-12-23-25/h7-13,15,18-19H,1-6H3/t15-,18+,19-/m0/s1. The maximum absolute atomic E-state index is 13.1. The van der Waals surface area contributed by atoms with E-state index in [1.807, 2.05) is 24.1 Å². The topological polar surface area (TPSA) is 51.0 Å². The molecule has 0 unspecified atom stereocenters. The molecule has 2 aromatic rings. The van der Waals surface area contributed by atoms with Gasteiger partial charge >= 0.3 is 0 Å². The second-order valence-electron chi connectivity index (χ2n) is 8.13. The maximum atomic E-state index is 13.1. The molecular formula is C21H28N4O. The van der Waals surface area contributed by atoms with E-state index < -0.39 is 0 Å². The van der Waals surface area contributed by atoms with Crippen LogP contribution in [0, 0.1) is 17.3 Å². The number of nitrogens with zero attached hydrogens (tertiary/aromatic N) is 4. The quantitative estimate of drug-likeness (QED) is 0.764. The Bertz CT molecular complexity index is 801. The number of hydrogen-bond acceptors (Lipinski definition) is 3. The van der Waals surface area contributed by atoms with E-state index in [1.165, 1.54) is 11.9 Å². The Morgan fingerprint density at radius 3 is 2.46 bits per heavy atom. The van der Waals surface area contributed by atoms with Crippen LogP contribution in [0.1, 0.15) is 46.2 Å². The highest BCUT2D eigenvalue weighted by atomic mass is 16.2. The predicted octanol–water partition coefficient (Wildman–Crippen LogP) is 4.03. The summed E-state index contributed by atoms with van der Waals surface area (Å²) in [5.41, 5.74) is 3.39. The molecule has 5 nitrogen and oxygen atoms in total. The Morgan fingerprint density at radius 2 is 1.92 bits per heavy atom. The first kappa shape index (κ1) is 18.4. The first-order chi connectivity index (χ1) is 12.2. The molecule has 0 bridgehead atoms. The normalized spacial score (nSPS) is 21.8. The third-order valence-electron chi connectivity index (χ3n) is 5.68. The molecule has 0 aliphatic heterocycles. The van der Waals surface area contributed by atoms with E-state index in [4.69, 9.17) is 0 Å². The van der Waals surface area contributed by atoms with Crippen molar-refractivity contribution in [2.45, 2.75) is 40.7 Å². The predicted molar refractivity (Wildman–Crippen MR) is 103 cm³/mol. The molecule has 3 atom stereocenters. The first-order valence-corrected chi connectivity index (χ1v) is 9.10. The summed E-state index contributed by atoms with van der Waals surface area (Å²) in [5, 5.41) is 4.14. The van der Waals surface area contributed by atoms with E-state index in [9.17, 15) is 4.79 Å². The summed E-state index contributed by atoms with van der Waals surface area (Å²) in [6, 6.07) is 8.14. The van der Waals surface area contributed by atoms with Gasteiger partial charge in [-0.3, -0.25) is 4.79 Å². The Morgan fingerprint density at radius 1 is 1.27 bits per heavy atom. The molecule has 26 heavy (non-hydrogen) atoms. The van der Waals surface area contributed by atoms with Crippen molar-refractivity contribution in [1.29, 1.82) is 0 Å². The van der Waals surface area contributed by atoms with Crippen molar-refractivity contribution in [2.75, 3.05) is 7.05 Å². The van der Waals surface area contributed by atoms with Gasteiger partial charge < -0.3 is 4.90 Å². The highest BCUT2D eigenvalue weighted by Crippen LogP contribution is 2.60. The Balaban J connectivity index is 1.72. The van der Waals surface area contributed by atoms with Crippen LogP contribution in [-0.2, 0) is 4.79 Å². The lowest BCUT2D eigenvalue weighted by atomic mass is 10.0. The Hall–Kier alpha value is -2.43. The zero-order valence-electron chi connectivity index (χ0n) is 16.5. The van der Waals surface area contributed by atoms with Gasteiger partial charge in [-0.05, 0) is 49.8 Å². The van der Waals surface area contributed by atoms with Crippen LogP contribution < -0.4 is 0 Å². The second-order valence-corrected chi connectivity index (χ2v) is 8.13. The lowest BCUT2D eigenvalue weighted by Gasteiger charge is -2.26. The summed E-state index contributed by atoms with van der Waals surface area (Å²) < 4.78 is 1.72. The van der Waals surface area contributed by atoms with Crippen LogP contribution in [0.25, 0.3) is 5.69 Å². The third-order valence-corrected chi connectivity index (χ3v) is 5.68. The van der Waals surface area contributed by atoms with E-state index in [1.54, 1.807) is 11.0 Å². The van der Waals surface area contributed by atoms with Crippen LogP contribution in [0.15, 0.2) is 48.6 Å². The molecule has 0 spiro atoms. The molecule has 0 radical (unpaired) electrons. The molecule has 1 aliphatic rings. The molecular weight excluding hydrogens is 324 g/mol. The van der Waals surface area contributed by atoms with E-state index in [2.05, 4.69) is 62.9 Å². The van der Waals surface area contributed by atoms with Crippen molar-refractivity contribution in [3.05, 3.63) is 54.1 Å². The summed E-state index contributed by atoms with van der Waals surface area (Å²) >= 11 is 0. The van der Waals surface area contributed by atoms with Crippen LogP contribution in [0.4, 0.5) is 0 Å². The van der Waals surface area contributed by atoms with Crippen molar-refractivity contribution in [1.82, 2.24) is 19.7 Å². The van der Waals surface area contributed by atoms with Gasteiger partial charge in [0.25, 0.3) is 0 Å². The fraction of sp³-hybridized carbons (Fsp3) is 0.476. The van der Waals surface area contributed by atoms with Crippen LogP contribution in [-0.4, -0.2) is 32.6 Å². The van der Waals surface area contributed by atoms with Crippen LogP contribution in [0.3, 0.4) is 0 Å². The minimum absolute atomic E-state index is 0.0241. The molecule has 5 heteroatoms. The van der Waals surface area contributed by atoms with Crippen molar-refractivity contribution < 1.29 is 4.79 Å².